The fourth-order valence-corrected chi connectivity index (χ4v) is 6.57. The van der Waals surface area contributed by atoms with Gasteiger partial charge in [0.1, 0.15) is 0 Å². The first-order valence-corrected chi connectivity index (χ1v) is 14.9. The first-order valence-electron chi connectivity index (χ1n) is 14.9. The molecule has 3 aliphatic carbocycles. The van der Waals surface area contributed by atoms with E-state index in [0.29, 0.717) is 0 Å². The van der Waals surface area contributed by atoms with Crippen LogP contribution in [0, 0.1) is 12.8 Å². The molecule has 0 aromatic heterocycles. The van der Waals surface area contributed by atoms with Crippen LogP contribution < -0.4 is 10.4 Å². The summed E-state index contributed by atoms with van der Waals surface area (Å²) in [6, 6.07) is 18.0. The summed E-state index contributed by atoms with van der Waals surface area (Å²) in [6.45, 7) is 10.5. The van der Waals surface area contributed by atoms with Crippen LogP contribution >= 0.6 is 0 Å². The zero-order chi connectivity index (χ0) is 27.4. The largest absolute Gasteiger partial charge is 0.0839 e. The predicted octanol–water partition coefficient (Wildman–Crippen LogP) is 9.77. The van der Waals surface area contributed by atoms with E-state index >= 15 is 0 Å². The monoisotopic (exact) mass is 510 g/mol. The molecule has 198 valence electrons. The van der Waals surface area contributed by atoms with Crippen molar-refractivity contribution in [3.63, 3.8) is 0 Å². The summed E-state index contributed by atoms with van der Waals surface area (Å²) in [4.78, 5) is 0. The summed E-state index contributed by atoms with van der Waals surface area (Å²) in [7, 11) is 0. The van der Waals surface area contributed by atoms with Crippen LogP contribution in [-0.2, 0) is 0 Å². The Morgan fingerprint density at radius 1 is 0.692 bits per heavy atom. The smallest absolute Gasteiger partial charge is 0.00298 e. The van der Waals surface area contributed by atoms with Crippen molar-refractivity contribution in [2.24, 2.45) is 5.92 Å². The Kier molecular flexibility index (Phi) is 8.32. The molecular formula is C39H42. The zero-order valence-corrected chi connectivity index (χ0v) is 24.4. The lowest BCUT2D eigenvalue weighted by Gasteiger charge is -2.28. The SMILES string of the molecule is C/C=c1/c(C2=CC=C(C3=CC4=CC=CCC4CC3)CC2)c2ccccc2c(-c2ccc(C)cc2)/c1=C/C.CC. The van der Waals surface area contributed by atoms with Crippen LogP contribution in [0.3, 0.4) is 0 Å². The van der Waals surface area contributed by atoms with Crippen LogP contribution in [0.1, 0.15) is 70.9 Å². The second-order valence-electron chi connectivity index (χ2n) is 10.7. The van der Waals surface area contributed by atoms with Crippen LogP contribution in [0.2, 0.25) is 0 Å². The van der Waals surface area contributed by atoms with Crippen molar-refractivity contribution in [1.29, 1.82) is 0 Å². The quantitative estimate of drug-likeness (QED) is 0.329. The van der Waals surface area contributed by atoms with E-state index in [1.165, 1.54) is 79.4 Å². The lowest BCUT2D eigenvalue weighted by Crippen LogP contribution is -2.31. The van der Waals surface area contributed by atoms with Gasteiger partial charge in [0.15, 0.2) is 0 Å². The second-order valence-corrected chi connectivity index (χ2v) is 10.7. The average Bonchev–Trinajstić information content (AvgIpc) is 3.01. The van der Waals surface area contributed by atoms with Gasteiger partial charge >= 0.3 is 0 Å². The van der Waals surface area contributed by atoms with Crippen LogP contribution in [-0.4, -0.2) is 0 Å². The normalized spacial score (nSPS) is 19.5. The second kappa shape index (κ2) is 12.0. The molecule has 6 rings (SSSR count). The highest BCUT2D eigenvalue weighted by atomic mass is 14.3. The van der Waals surface area contributed by atoms with Gasteiger partial charge in [-0.1, -0.05) is 117 Å². The van der Waals surface area contributed by atoms with Crippen LogP contribution in [0.25, 0.3) is 39.6 Å². The maximum Gasteiger partial charge on any atom is -0.00298 e. The minimum Gasteiger partial charge on any atom is -0.0839 e. The van der Waals surface area contributed by atoms with Crippen molar-refractivity contribution in [3.05, 3.63) is 123 Å². The third-order valence-electron chi connectivity index (χ3n) is 8.51. The maximum absolute atomic E-state index is 2.49. The van der Waals surface area contributed by atoms with E-state index in [9.17, 15) is 0 Å². The highest BCUT2D eigenvalue weighted by Crippen LogP contribution is 2.40. The van der Waals surface area contributed by atoms with Gasteiger partial charge in [-0.25, -0.2) is 0 Å². The number of hydrogen-bond donors (Lipinski definition) is 0. The molecule has 0 aliphatic heterocycles. The van der Waals surface area contributed by atoms with Gasteiger partial charge in [0.05, 0.1) is 0 Å². The van der Waals surface area contributed by atoms with Crippen molar-refractivity contribution in [1.82, 2.24) is 0 Å². The van der Waals surface area contributed by atoms with Crippen LogP contribution in [0.5, 0.6) is 0 Å². The average molecular weight is 511 g/mol. The number of allylic oxidation sites excluding steroid dienone is 10. The molecule has 1 atom stereocenters. The standard InChI is InChI=1S/C37H36.C2H6/c1-4-32-33(5-2)37(35-13-9-8-12-34(35)36(32)28-16-14-25(3)15-17-28)29-21-18-27(19-22-29)31-23-20-26-10-6-7-11-30(26)24-31;1-2/h4-9,11-18,21,24,26H,10,19-20,22-23H2,1-3H3;1-2H3/b32-4+,33-5+;. The summed E-state index contributed by atoms with van der Waals surface area (Å²) >= 11 is 0. The molecule has 3 aromatic carbocycles. The first kappa shape index (κ1) is 26.9. The number of benzene rings is 3. The number of fused-ring (bicyclic) bond motifs is 2. The maximum atomic E-state index is 2.49. The molecule has 3 aliphatic rings. The van der Waals surface area contributed by atoms with Crippen molar-refractivity contribution < 1.29 is 0 Å². The Morgan fingerprint density at radius 2 is 1.33 bits per heavy atom. The Hall–Kier alpha value is -3.64. The lowest BCUT2D eigenvalue weighted by molar-refractivity contribution is 0.554. The minimum atomic E-state index is 0.730. The van der Waals surface area contributed by atoms with E-state index < -0.39 is 0 Å². The summed E-state index contributed by atoms with van der Waals surface area (Å²) in [5, 5.41) is 5.40. The fraction of sp³-hybridized carbons (Fsp3) is 0.282. The van der Waals surface area contributed by atoms with E-state index in [4.69, 9.17) is 0 Å². The van der Waals surface area contributed by atoms with Crippen molar-refractivity contribution in [3.8, 4) is 11.1 Å². The minimum absolute atomic E-state index is 0.730. The molecule has 0 amide bonds. The van der Waals surface area contributed by atoms with Crippen molar-refractivity contribution >= 4 is 28.5 Å². The molecule has 3 aromatic rings. The Balaban J connectivity index is 0.00000151. The van der Waals surface area contributed by atoms with Crippen LogP contribution in [0.15, 0.2) is 102 Å². The van der Waals surface area contributed by atoms with Gasteiger partial charge in [-0.2, -0.15) is 0 Å². The molecule has 0 heterocycles. The third kappa shape index (κ3) is 5.18. The van der Waals surface area contributed by atoms with Crippen molar-refractivity contribution in [2.75, 3.05) is 0 Å². The molecule has 1 unspecified atom stereocenters. The van der Waals surface area contributed by atoms with Crippen molar-refractivity contribution in [2.45, 2.75) is 66.7 Å². The summed E-state index contributed by atoms with van der Waals surface area (Å²) < 4.78 is 0. The molecule has 0 bridgehead atoms. The third-order valence-corrected chi connectivity index (χ3v) is 8.51. The number of aryl methyl sites for hydroxylation is 1. The number of rotatable bonds is 3. The van der Waals surface area contributed by atoms with Crippen LogP contribution in [0.4, 0.5) is 0 Å². The lowest BCUT2D eigenvalue weighted by atomic mass is 9.77. The molecule has 0 N–H and O–H groups in total. The van der Waals surface area contributed by atoms with E-state index in [2.05, 4.69) is 118 Å². The van der Waals surface area contributed by atoms with Gasteiger partial charge < -0.3 is 0 Å². The summed E-state index contributed by atoms with van der Waals surface area (Å²) in [6.07, 6.45) is 24.7. The highest BCUT2D eigenvalue weighted by Gasteiger charge is 2.23. The van der Waals surface area contributed by atoms with Gasteiger partial charge in [-0.3, -0.25) is 0 Å². The summed E-state index contributed by atoms with van der Waals surface area (Å²) in [5.74, 6) is 0.730. The Labute approximate surface area is 235 Å². The molecule has 0 saturated heterocycles. The van der Waals surface area contributed by atoms with Gasteiger partial charge in [0.25, 0.3) is 0 Å². The molecular weight excluding hydrogens is 468 g/mol. The van der Waals surface area contributed by atoms with E-state index in [1.807, 2.05) is 13.8 Å². The van der Waals surface area contributed by atoms with Gasteiger partial charge in [-0.05, 0) is 119 Å². The predicted molar refractivity (Wildman–Crippen MR) is 173 cm³/mol. The molecule has 0 saturated carbocycles. The molecule has 0 nitrogen and oxygen atoms in total. The van der Waals surface area contributed by atoms with Gasteiger partial charge in [0.2, 0.25) is 0 Å². The molecule has 0 radical (unpaired) electrons. The zero-order valence-electron chi connectivity index (χ0n) is 24.4. The fourth-order valence-electron chi connectivity index (χ4n) is 6.57. The molecule has 39 heavy (non-hydrogen) atoms. The van der Waals surface area contributed by atoms with E-state index in [-0.39, 0.29) is 0 Å². The van der Waals surface area contributed by atoms with Gasteiger partial charge in [-0.15, -0.1) is 0 Å². The van der Waals surface area contributed by atoms with Gasteiger partial charge in [0, 0.05) is 0 Å². The highest BCUT2D eigenvalue weighted by molar-refractivity contribution is 6.03. The Morgan fingerprint density at radius 3 is 2.00 bits per heavy atom. The summed E-state index contributed by atoms with van der Waals surface area (Å²) in [5.41, 5.74) is 11.4. The first-order chi connectivity index (χ1) is 19.2. The molecule has 0 heteroatoms. The van der Waals surface area contributed by atoms with E-state index in [0.717, 1.165) is 18.8 Å². The Bertz CT molecular complexity index is 1650. The van der Waals surface area contributed by atoms with E-state index in [1.54, 1.807) is 5.57 Å². The molecule has 0 spiro atoms. The number of hydrogen-bond acceptors (Lipinski definition) is 0. The topological polar surface area (TPSA) is 0 Å². The molecule has 0 fully saturated rings.